The Morgan fingerprint density at radius 1 is 1.38 bits per heavy atom. The third kappa shape index (κ3) is 4.59. The molecule has 2 rings (SSSR count). The highest BCUT2D eigenvalue weighted by molar-refractivity contribution is 5.91. The van der Waals surface area contributed by atoms with E-state index in [0.717, 1.165) is 17.7 Å². The van der Waals surface area contributed by atoms with Crippen molar-refractivity contribution in [2.45, 2.75) is 33.2 Å². The zero-order chi connectivity index (χ0) is 15.1. The molecule has 0 aliphatic rings. The molecule has 1 amide bonds. The number of aromatic nitrogens is 2. The zero-order valence-corrected chi connectivity index (χ0v) is 12.3. The van der Waals surface area contributed by atoms with Crippen molar-refractivity contribution < 1.29 is 9.32 Å². The number of hydrogen-bond donors (Lipinski definition) is 2. The SMILES string of the molecule is CCC(C)CC(=O)Nc1ccccc1CNc1ncon1. The van der Waals surface area contributed by atoms with Gasteiger partial charge in [-0.2, -0.15) is 4.98 Å². The molecule has 0 saturated heterocycles. The Morgan fingerprint density at radius 2 is 2.19 bits per heavy atom. The summed E-state index contributed by atoms with van der Waals surface area (Å²) in [6.07, 6.45) is 2.79. The molecular formula is C15H20N4O2. The van der Waals surface area contributed by atoms with Crippen LogP contribution in [-0.4, -0.2) is 16.0 Å². The van der Waals surface area contributed by atoms with Gasteiger partial charge < -0.3 is 15.2 Å². The molecular weight excluding hydrogens is 268 g/mol. The average molecular weight is 288 g/mol. The van der Waals surface area contributed by atoms with Crippen LogP contribution < -0.4 is 10.6 Å². The monoisotopic (exact) mass is 288 g/mol. The Bertz CT molecular complexity index is 569. The Kier molecular flexibility index (Phi) is 5.31. The van der Waals surface area contributed by atoms with E-state index in [1.807, 2.05) is 24.3 Å². The third-order valence-corrected chi connectivity index (χ3v) is 3.32. The maximum Gasteiger partial charge on any atom is 0.263 e. The lowest BCUT2D eigenvalue weighted by molar-refractivity contribution is -0.117. The lowest BCUT2D eigenvalue weighted by Gasteiger charge is -2.13. The van der Waals surface area contributed by atoms with Crippen LogP contribution in [0.15, 0.2) is 35.2 Å². The fraction of sp³-hybridized carbons (Fsp3) is 0.400. The van der Waals surface area contributed by atoms with Crippen molar-refractivity contribution in [2.24, 2.45) is 5.92 Å². The molecule has 112 valence electrons. The van der Waals surface area contributed by atoms with Gasteiger partial charge in [0.15, 0.2) is 0 Å². The highest BCUT2D eigenvalue weighted by Crippen LogP contribution is 2.17. The van der Waals surface area contributed by atoms with Gasteiger partial charge >= 0.3 is 0 Å². The minimum atomic E-state index is 0.0383. The second-order valence-electron chi connectivity index (χ2n) is 5.03. The van der Waals surface area contributed by atoms with Gasteiger partial charge in [0.05, 0.1) is 0 Å². The second kappa shape index (κ2) is 7.42. The summed E-state index contributed by atoms with van der Waals surface area (Å²) in [5, 5.41) is 9.69. The summed E-state index contributed by atoms with van der Waals surface area (Å²) in [4.78, 5) is 15.9. The van der Waals surface area contributed by atoms with Crippen LogP contribution >= 0.6 is 0 Å². The molecule has 0 saturated carbocycles. The van der Waals surface area contributed by atoms with Gasteiger partial charge in [0.1, 0.15) is 0 Å². The average Bonchev–Trinajstić information content (AvgIpc) is 2.99. The maximum atomic E-state index is 12.0. The van der Waals surface area contributed by atoms with Gasteiger partial charge in [-0.15, -0.1) is 0 Å². The molecule has 2 aromatic rings. The standard InChI is InChI=1S/C15H20N4O2/c1-3-11(2)8-14(20)18-13-7-5-4-6-12(13)9-16-15-17-10-21-19-15/h4-7,10-11H,3,8-9H2,1-2H3,(H,16,19)(H,18,20). The van der Waals surface area contributed by atoms with Crippen LogP contribution in [0.4, 0.5) is 11.6 Å². The number of rotatable bonds is 7. The summed E-state index contributed by atoms with van der Waals surface area (Å²) in [7, 11) is 0. The lowest BCUT2D eigenvalue weighted by atomic mass is 10.0. The summed E-state index contributed by atoms with van der Waals surface area (Å²) in [5.74, 6) is 0.849. The second-order valence-corrected chi connectivity index (χ2v) is 5.03. The van der Waals surface area contributed by atoms with Gasteiger partial charge in [-0.25, -0.2) is 0 Å². The molecule has 0 fully saturated rings. The van der Waals surface area contributed by atoms with Crippen LogP contribution in [0.25, 0.3) is 0 Å². The van der Waals surface area contributed by atoms with Crippen molar-refractivity contribution >= 4 is 17.5 Å². The molecule has 1 aromatic carbocycles. The first-order chi connectivity index (χ1) is 10.2. The van der Waals surface area contributed by atoms with Crippen molar-refractivity contribution in [2.75, 3.05) is 10.6 Å². The molecule has 21 heavy (non-hydrogen) atoms. The molecule has 6 nitrogen and oxygen atoms in total. The fourth-order valence-corrected chi connectivity index (χ4v) is 1.88. The summed E-state index contributed by atoms with van der Waals surface area (Å²) in [5.41, 5.74) is 1.78. The number of nitrogens with zero attached hydrogens (tertiary/aromatic N) is 2. The topological polar surface area (TPSA) is 80.0 Å². The van der Waals surface area contributed by atoms with Gasteiger partial charge in [0.25, 0.3) is 5.95 Å². The van der Waals surface area contributed by atoms with E-state index in [2.05, 4.69) is 39.1 Å². The number of para-hydroxylation sites is 1. The Labute approximate surface area is 123 Å². The summed E-state index contributed by atoms with van der Waals surface area (Å²) in [6, 6.07) is 7.67. The van der Waals surface area contributed by atoms with E-state index in [1.54, 1.807) is 0 Å². The van der Waals surface area contributed by atoms with E-state index in [9.17, 15) is 4.79 Å². The number of anilines is 2. The third-order valence-electron chi connectivity index (χ3n) is 3.32. The van der Waals surface area contributed by atoms with Crippen LogP contribution in [0, 0.1) is 5.92 Å². The van der Waals surface area contributed by atoms with E-state index in [4.69, 9.17) is 0 Å². The van der Waals surface area contributed by atoms with Crippen LogP contribution in [0.5, 0.6) is 0 Å². The molecule has 1 heterocycles. The largest absolute Gasteiger partial charge is 0.347 e. The minimum Gasteiger partial charge on any atom is -0.347 e. The van der Waals surface area contributed by atoms with Crippen molar-refractivity contribution in [1.82, 2.24) is 10.1 Å². The van der Waals surface area contributed by atoms with Crippen molar-refractivity contribution in [3.63, 3.8) is 0 Å². The van der Waals surface area contributed by atoms with E-state index in [0.29, 0.717) is 24.8 Å². The van der Waals surface area contributed by atoms with E-state index in [1.165, 1.54) is 6.39 Å². The van der Waals surface area contributed by atoms with Gasteiger partial charge in [0.2, 0.25) is 12.3 Å². The number of hydrogen-bond acceptors (Lipinski definition) is 5. The van der Waals surface area contributed by atoms with Gasteiger partial charge in [0, 0.05) is 18.7 Å². The van der Waals surface area contributed by atoms with Crippen LogP contribution in [0.2, 0.25) is 0 Å². The molecule has 0 bridgehead atoms. The van der Waals surface area contributed by atoms with E-state index in [-0.39, 0.29) is 5.91 Å². The minimum absolute atomic E-state index is 0.0383. The highest BCUT2D eigenvalue weighted by Gasteiger charge is 2.10. The number of carbonyl (C=O) groups excluding carboxylic acids is 1. The summed E-state index contributed by atoms with van der Waals surface area (Å²) >= 11 is 0. The molecule has 6 heteroatoms. The quantitative estimate of drug-likeness (QED) is 0.818. The first-order valence-corrected chi connectivity index (χ1v) is 7.07. The van der Waals surface area contributed by atoms with Crippen LogP contribution in [0.3, 0.4) is 0 Å². The van der Waals surface area contributed by atoms with Gasteiger partial charge in [-0.05, 0) is 22.7 Å². The van der Waals surface area contributed by atoms with E-state index < -0.39 is 0 Å². The zero-order valence-electron chi connectivity index (χ0n) is 12.3. The van der Waals surface area contributed by atoms with Crippen LogP contribution in [0.1, 0.15) is 32.3 Å². The Balaban J connectivity index is 1.97. The Morgan fingerprint density at radius 3 is 2.90 bits per heavy atom. The number of amides is 1. The highest BCUT2D eigenvalue weighted by atomic mass is 16.5. The molecule has 1 unspecified atom stereocenters. The van der Waals surface area contributed by atoms with Gasteiger partial charge in [-0.3, -0.25) is 4.79 Å². The normalized spacial score (nSPS) is 11.9. The van der Waals surface area contributed by atoms with Crippen molar-refractivity contribution in [3.8, 4) is 0 Å². The van der Waals surface area contributed by atoms with Gasteiger partial charge in [-0.1, -0.05) is 38.5 Å². The predicted molar refractivity (Wildman–Crippen MR) is 80.8 cm³/mol. The lowest BCUT2D eigenvalue weighted by Crippen LogP contribution is -2.16. The number of benzene rings is 1. The maximum absolute atomic E-state index is 12.0. The molecule has 1 atom stereocenters. The number of carbonyl (C=O) groups is 1. The molecule has 0 aliphatic carbocycles. The van der Waals surface area contributed by atoms with E-state index >= 15 is 0 Å². The summed E-state index contributed by atoms with van der Waals surface area (Å²) < 4.78 is 4.66. The molecule has 0 aliphatic heterocycles. The molecule has 1 aromatic heterocycles. The Hall–Kier alpha value is -2.37. The first-order valence-electron chi connectivity index (χ1n) is 7.07. The molecule has 2 N–H and O–H groups in total. The molecule has 0 radical (unpaired) electrons. The number of nitrogens with one attached hydrogen (secondary N) is 2. The van der Waals surface area contributed by atoms with Crippen molar-refractivity contribution in [3.05, 3.63) is 36.2 Å². The first kappa shape index (κ1) is 15.0. The fourth-order valence-electron chi connectivity index (χ4n) is 1.88. The van der Waals surface area contributed by atoms with Crippen LogP contribution in [-0.2, 0) is 11.3 Å². The van der Waals surface area contributed by atoms with Crippen molar-refractivity contribution in [1.29, 1.82) is 0 Å². The smallest absolute Gasteiger partial charge is 0.263 e. The predicted octanol–water partition coefficient (Wildman–Crippen LogP) is 3.06. The molecule has 0 spiro atoms. The summed E-state index contributed by atoms with van der Waals surface area (Å²) in [6.45, 7) is 4.67.